The van der Waals surface area contributed by atoms with Crippen LogP contribution in [0.2, 0.25) is 0 Å². The van der Waals surface area contributed by atoms with E-state index in [9.17, 15) is 0 Å². The Balaban J connectivity index is 2.06. The Labute approximate surface area is 96.7 Å². The zero-order valence-corrected chi connectivity index (χ0v) is 10.6. The van der Waals surface area contributed by atoms with E-state index in [0.717, 1.165) is 19.7 Å². The van der Waals surface area contributed by atoms with Crippen LogP contribution in [-0.2, 0) is 11.3 Å². The molecule has 0 spiro atoms. The van der Waals surface area contributed by atoms with Crippen molar-refractivity contribution in [3.8, 4) is 0 Å². The second-order valence-electron chi connectivity index (χ2n) is 4.25. The van der Waals surface area contributed by atoms with E-state index in [1.165, 1.54) is 4.88 Å². The summed E-state index contributed by atoms with van der Waals surface area (Å²) in [5.74, 6) is 0.703. The fourth-order valence-corrected chi connectivity index (χ4v) is 1.88. The highest BCUT2D eigenvalue weighted by Gasteiger charge is 2.03. The van der Waals surface area contributed by atoms with Crippen LogP contribution in [0.1, 0.15) is 25.6 Å². The molecule has 0 fully saturated rings. The van der Waals surface area contributed by atoms with Gasteiger partial charge in [0.1, 0.15) is 0 Å². The molecule has 86 valence electrons. The third kappa shape index (κ3) is 5.92. The first-order valence-electron chi connectivity index (χ1n) is 5.53. The van der Waals surface area contributed by atoms with Gasteiger partial charge < -0.3 is 10.1 Å². The zero-order chi connectivity index (χ0) is 11.1. The molecule has 1 aromatic rings. The normalized spacial score (nSPS) is 13.3. The van der Waals surface area contributed by atoms with Crippen LogP contribution in [0.25, 0.3) is 0 Å². The molecule has 0 radical (unpaired) electrons. The molecule has 0 aliphatic carbocycles. The second-order valence-corrected chi connectivity index (χ2v) is 5.29. The van der Waals surface area contributed by atoms with Crippen molar-refractivity contribution in [2.45, 2.75) is 33.5 Å². The Bertz CT molecular complexity index is 246. The van der Waals surface area contributed by atoms with Crippen LogP contribution < -0.4 is 5.32 Å². The Hall–Kier alpha value is -0.380. The maximum absolute atomic E-state index is 5.72. The minimum Gasteiger partial charge on any atom is -0.372 e. The summed E-state index contributed by atoms with van der Waals surface area (Å²) in [6, 6.07) is 4.17. The third-order valence-corrected chi connectivity index (χ3v) is 2.92. The van der Waals surface area contributed by atoms with E-state index in [-0.39, 0.29) is 6.10 Å². The van der Waals surface area contributed by atoms with Crippen molar-refractivity contribution < 1.29 is 4.74 Å². The quantitative estimate of drug-likeness (QED) is 0.773. The van der Waals surface area contributed by atoms with Gasteiger partial charge in [-0.25, -0.2) is 0 Å². The first-order valence-corrected chi connectivity index (χ1v) is 6.41. The van der Waals surface area contributed by atoms with Crippen LogP contribution >= 0.6 is 11.3 Å². The summed E-state index contributed by atoms with van der Waals surface area (Å²) in [6.07, 6.45) is 0.283. The van der Waals surface area contributed by atoms with Gasteiger partial charge in [0, 0.05) is 11.4 Å². The molecule has 1 N–H and O–H groups in total. The van der Waals surface area contributed by atoms with E-state index in [2.05, 4.69) is 43.6 Å². The van der Waals surface area contributed by atoms with Crippen molar-refractivity contribution in [3.63, 3.8) is 0 Å². The predicted molar refractivity (Wildman–Crippen MR) is 66.3 cm³/mol. The highest BCUT2D eigenvalue weighted by molar-refractivity contribution is 7.09. The van der Waals surface area contributed by atoms with E-state index in [0.29, 0.717) is 5.92 Å². The van der Waals surface area contributed by atoms with Gasteiger partial charge in [0.15, 0.2) is 0 Å². The van der Waals surface area contributed by atoms with E-state index < -0.39 is 0 Å². The van der Waals surface area contributed by atoms with Crippen molar-refractivity contribution in [2.24, 2.45) is 5.92 Å². The van der Waals surface area contributed by atoms with Gasteiger partial charge in [0.2, 0.25) is 0 Å². The largest absolute Gasteiger partial charge is 0.372 e. The molecule has 0 aromatic carbocycles. The van der Waals surface area contributed by atoms with Gasteiger partial charge >= 0.3 is 0 Å². The molecule has 0 bridgehead atoms. The van der Waals surface area contributed by atoms with Gasteiger partial charge in [0.05, 0.1) is 12.7 Å². The van der Waals surface area contributed by atoms with E-state index >= 15 is 0 Å². The molecular formula is C12H21NOS. The van der Waals surface area contributed by atoms with Crippen molar-refractivity contribution in [2.75, 3.05) is 13.1 Å². The molecule has 1 heterocycles. The molecule has 1 unspecified atom stereocenters. The van der Waals surface area contributed by atoms with Gasteiger partial charge in [-0.15, -0.1) is 11.3 Å². The lowest BCUT2D eigenvalue weighted by atomic mass is 10.2. The van der Waals surface area contributed by atoms with Crippen molar-refractivity contribution >= 4 is 11.3 Å². The van der Waals surface area contributed by atoms with E-state index in [1.54, 1.807) is 11.3 Å². The highest BCUT2D eigenvalue weighted by Crippen LogP contribution is 2.10. The highest BCUT2D eigenvalue weighted by atomic mass is 32.1. The zero-order valence-electron chi connectivity index (χ0n) is 9.82. The average molecular weight is 227 g/mol. The van der Waals surface area contributed by atoms with Crippen LogP contribution in [-0.4, -0.2) is 19.2 Å². The smallest absolute Gasteiger partial charge is 0.0813 e. The average Bonchev–Trinajstić information content (AvgIpc) is 2.66. The van der Waals surface area contributed by atoms with Gasteiger partial charge in [-0.2, -0.15) is 0 Å². The van der Waals surface area contributed by atoms with Gasteiger partial charge in [0.25, 0.3) is 0 Å². The van der Waals surface area contributed by atoms with Gasteiger partial charge in [-0.05, 0) is 30.8 Å². The lowest BCUT2D eigenvalue weighted by Crippen LogP contribution is -2.29. The summed E-state index contributed by atoms with van der Waals surface area (Å²) in [6.45, 7) is 9.27. The minimum atomic E-state index is 0.283. The number of ether oxygens (including phenoxy) is 1. The number of thiophene rings is 1. The second kappa shape index (κ2) is 6.99. The Morgan fingerprint density at radius 1 is 1.33 bits per heavy atom. The molecule has 15 heavy (non-hydrogen) atoms. The molecule has 0 aliphatic heterocycles. The van der Waals surface area contributed by atoms with Gasteiger partial charge in [-0.3, -0.25) is 0 Å². The topological polar surface area (TPSA) is 21.3 Å². The van der Waals surface area contributed by atoms with Crippen LogP contribution in [0.5, 0.6) is 0 Å². The number of nitrogens with one attached hydrogen (secondary N) is 1. The van der Waals surface area contributed by atoms with Crippen molar-refractivity contribution in [1.29, 1.82) is 0 Å². The summed E-state index contributed by atoms with van der Waals surface area (Å²) in [5.41, 5.74) is 0. The van der Waals surface area contributed by atoms with Crippen molar-refractivity contribution in [1.82, 2.24) is 5.32 Å². The molecule has 1 rings (SSSR count). The standard InChI is InChI=1S/C12H21NOS/c1-10(2)7-13-8-11(3)14-9-12-5-4-6-15-12/h4-6,10-11,13H,7-9H2,1-3H3. The maximum atomic E-state index is 5.72. The molecule has 0 aliphatic rings. The van der Waals surface area contributed by atoms with Crippen LogP contribution in [0.3, 0.4) is 0 Å². The molecule has 1 aromatic heterocycles. The number of hydrogen-bond donors (Lipinski definition) is 1. The van der Waals surface area contributed by atoms with Crippen LogP contribution in [0.4, 0.5) is 0 Å². The molecule has 3 heteroatoms. The molecule has 0 amide bonds. The van der Waals surface area contributed by atoms with E-state index in [4.69, 9.17) is 4.74 Å². The first kappa shape index (κ1) is 12.7. The van der Waals surface area contributed by atoms with Crippen LogP contribution in [0.15, 0.2) is 17.5 Å². The summed E-state index contributed by atoms with van der Waals surface area (Å²) >= 11 is 1.75. The summed E-state index contributed by atoms with van der Waals surface area (Å²) in [4.78, 5) is 1.30. The molecule has 0 saturated heterocycles. The Morgan fingerprint density at radius 2 is 2.13 bits per heavy atom. The lowest BCUT2D eigenvalue weighted by molar-refractivity contribution is 0.0545. The molecule has 2 nitrogen and oxygen atoms in total. The monoisotopic (exact) mass is 227 g/mol. The number of hydrogen-bond acceptors (Lipinski definition) is 3. The Kier molecular flexibility index (Phi) is 5.91. The predicted octanol–water partition coefficient (Wildman–Crippen LogP) is 2.90. The maximum Gasteiger partial charge on any atom is 0.0813 e. The van der Waals surface area contributed by atoms with Crippen molar-refractivity contribution in [3.05, 3.63) is 22.4 Å². The van der Waals surface area contributed by atoms with E-state index in [1.807, 2.05) is 0 Å². The molecule has 0 saturated carbocycles. The summed E-state index contributed by atoms with van der Waals surface area (Å²) < 4.78 is 5.72. The fraction of sp³-hybridized carbons (Fsp3) is 0.667. The number of rotatable bonds is 7. The molecule has 1 atom stereocenters. The third-order valence-electron chi connectivity index (χ3n) is 2.07. The van der Waals surface area contributed by atoms with Gasteiger partial charge in [-0.1, -0.05) is 19.9 Å². The SMILES string of the molecule is CC(C)CNCC(C)OCc1cccs1. The fourth-order valence-electron chi connectivity index (χ4n) is 1.25. The first-order chi connectivity index (χ1) is 7.18. The molecular weight excluding hydrogens is 206 g/mol. The Morgan fingerprint density at radius 3 is 2.73 bits per heavy atom. The lowest BCUT2D eigenvalue weighted by Gasteiger charge is -2.14. The van der Waals surface area contributed by atoms with Crippen LogP contribution in [0, 0.1) is 5.92 Å². The summed E-state index contributed by atoms with van der Waals surface area (Å²) in [5, 5.41) is 5.48. The summed E-state index contributed by atoms with van der Waals surface area (Å²) in [7, 11) is 0. The minimum absolute atomic E-state index is 0.283.